The number of nitrogens with one attached hydrogen (secondary N) is 1. The Balaban J connectivity index is 0.00000176. The molecule has 1 aromatic heterocycles. The molecule has 2 aromatic carbocycles. The zero-order valence-electron chi connectivity index (χ0n) is 21.3. The molecular formula is C28H36ClN3O4. The number of H-pyrrole nitrogens is 1. The van der Waals surface area contributed by atoms with E-state index in [1.807, 2.05) is 45.0 Å². The molecule has 1 aliphatic rings. The van der Waals surface area contributed by atoms with Gasteiger partial charge in [-0.25, -0.2) is 0 Å². The Morgan fingerprint density at radius 2 is 1.75 bits per heavy atom. The van der Waals surface area contributed by atoms with Crippen molar-refractivity contribution in [3.8, 4) is 17.1 Å². The van der Waals surface area contributed by atoms with Crippen LogP contribution in [0.5, 0.6) is 6.01 Å². The van der Waals surface area contributed by atoms with Crippen molar-refractivity contribution in [3.05, 3.63) is 71.0 Å². The summed E-state index contributed by atoms with van der Waals surface area (Å²) < 4.78 is 11.3. The molecule has 3 N–H and O–H groups in total. The van der Waals surface area contributed by atoms with Crippen molar-refractivity contribution in [3.63, 3.8) is 0 Å². The minimum atomic E-state index is -0.695. The molecule has 4 rings (SSSR count). The van der Waals surface area contributed by atoms with Crippen LogP contribution in [0.4, 0.5) is 0 Å². The molecule has 0 fully saturated rings. The minimum Gasteiger partial charge on any atom is -0.459 e. The second-order valence-electron chi connectivity index (χ2n) is 8.67. The Labute approximate surface area is 217 Å². The maximum absolute atomic E-state index is 9.78. The summed E-state index contributed by atoms with van der Waals surface area (Å²) in [4.78, 5) is 12.5. The molecule has 4 unspecified atom stereocenters. The van der Waals surface area contributed by atoms with Crippen LogP contribution in [0.15, 0.2) is 59.6 Å². The summed E-state index contributed by atoms with van der Waals surface area (Å²) in [6.07, 6.45) is 1.27. The summed E-state index contributed by atoms with van der Waals surface area (Å²) in [5.74, 6) is 0. The Hall–Kier alpha value is -2.71. The van der Waals surface area contributed by atoms with E-state index in [0.29, 0.717) is 17.3 Å². The van der Waals surface area contributed by atoms with Gasteiger partial charge in [0.15, 0.2) is 5.49 Å². The lowest BCUT2D eigenvalue weighted by Gasteiger charge is -2.30. The maximum atomic E-state index is 9.78. The van der Waals surface area contributed by atoms with E-state index in [4.69, 9.17) is 31.2 Å². The number of halogens is 1. The smallest absolute Gasteiger partial charge is 0.296 e. The SMILES string of the molecule is CC.CC(O)CC(COCCO)Oc1nc2c([nH]1)=CC(Cl)C(C)(c1ccc(-c3ccccc3)cc1)N=2. The standard InChI is InChI=1S/C26H30ClN3O4.C2H6/c1-17(32)14-21(16-33-13-12-31)34-25-28-22-15-23(27)26(2,30-24(22)29-25)20-10-8-19(9-11-20)18-6-4-3-5-7-18;1-2/h3-11,15,17,21,23,31-32H,12-14,16H2,1-2H3,(H,28,29,30);1-2H3. The summed E-state index contributed by atoms with van der Waals surface area (Å²) >= 11 is 6.80. The number of nitrogens with zero attached hydrogens (tertiary/aromatic N) is 2. The summed E-state index contributed by atoms with van der Waals surface area (Å²) in [7, 11) is 0. The first-order chi connectivity index (χ1) is 17.4. The van der Waals surface area contributed by atoms with Crippen LogP contribution in [0.2, 0.25) is 0 Å². The first-order valence-electron chi connectivity index (χ1n) is 12.4. The molecule has 7 nitrogen and oxygen atoms in total. The molecule has 0 saturated heterocycles. The number of aromatic amines is 1. The molecule has 1 aliphatic heterocycles. The molecule has 2 heterocycles. The van der Waals surface area contributed by atoms with Crippen molar-refractivity contribution in [1.82, 2.24) is 9.97 Å². The van der Waals surface area contributed by atoms with Crippen LogP contribution in [-0.2, 0) is 10.3 Å². The number of imidazole rings is 1. The van der Waals surface area contributed by atoms with Gasteiger partial charge < -0.3 is 24.7 Å². The van der Waals surface area contributed by atoms with Crippen molar-refractivity contribution < 1.29 is 19.7 Å². The van der Waals surface area contributed by atoms with E-state index in [1.165, 1.54) is 0 Å². The lowest BCUT2D eigenvalue weighted by molar-refractivity contribution is 0.00847. The second-order valence-corrected chi connectivity index (χ2v) is 9.14. The molecule has 0 saturated carbocycles. The number of aliphatic hydroxyl groups is 2. The first kappa shape index (κ1) is 27.9. The maximum Gasteiger partial charge on any atom is 0.296 e. The first-order valence-corrected chi connectivity index (χ1v) is 12.8. The number of aliphatic hydroxyl groups excluding tert-OH is 2. The largest absolute Gasteiger partial charge is 0.459 e. The van der Waals surface area contributed by atoms with Gasteiger partial charge in [0.25, 0.3) is 6.01 Å². The fraction of sp³-hybridized carbons (Fsp3) is 0.429. The number of alkyl halides is 1. The third-order valence-corrected chi connectivity index (χ3v) is 6.43. The second kappa shape index (κ2) is 13.0. The molecular weight excluding hydrogens is 478 g/mol. The fourth-order valence-corrected chi connectivity index (χ4v) is 4.33. The number of rotatable bonds is 10. The summed E-state index contributed by atoms with van der Waals surface area (Å²) in [5, 5.41) is 19.0. The molecule has 194 valence electrons. The van der Waals surface area contributed by atoms with Crippen molar-refractivity contribution >= 4 is 17.7 Å². The Kier molecular flexibility index (Phi) is 10.1. The van der Waals surface area contributed by atoms with Crippen LogP contribution >= 0.6 is 11.6 Å². The molecule has 3 aromatic rings. The normalized spacial score (nSPS) is 20.1. The highest BCUT2D eigenvalue weighted by molar-refractivity contribution is 6.25. The van der Waals surface area contributed by atoms with Gasteiger partial charge in [0.1, 0.15) is 11.6 Å². The monoisotopic (exact) mass is 513 g/mol. The summed E-state index contributed by atoms with van der Waals surface area (Å²) in [5.41, 5.74) is 3.10. The van der Waals surface area contributed by atoms with Crippen LogP contribution in [0, 0.1) is 0 Å². The highest BCUT2D eigenvalue weighted by Gasteiger charge is 2.36. The zero-order chi connectivity index (χ0) is 26.1. The highest BCUT2D eigenvalue weighted by Crippen LogP contribution is 2.35. The van der Waals surface area contributed by atoms with E-state index >= 15 is 0 Å². The molecule has 0 bridgehead atoms. The summed E-state index contributed by atoms with van der Waals surface area (Å²) in [6.45, 7) is 8.03. The van der Waals surface area contributed by atoms with Crippen LogP contribution < -0.4 is 15.6 Å². The lowest BCUT2D eigenvalue weighted by atomic mass is 9.86. The molecule has 0 radical (unpaired) electrons. The third-order valence-electron chi connectivity index (χ3n) is 5.88. The van der Waals surface area contributed by atoms with Crippen LogP contribution in [0.25, 0.3) is 17.2 Å². The predicted molar refractivity (Wildman–Crippen MR) is 143 cm³/mol. The van der Waals surface area contributed by atoms with Crippen LogP contribution in [-0.4, -0.2) is 57.6 Å². The van der Waals surface area contributed by atoms with Crippen LogP contribution in [0.3, 0.4) is 0 Å². The number of ether oxygens (including phenoxy) is 2. The van der Waals surface area contributed by atoms with Crippen molar-refractivity contribution in [2.45, 2.75) is 57.2 Å². The average molecular weight is 514 g/mol. The van der Waals surface area contributed by atoms with Crippen molar-refractivity contribution in [2.24, 2.45) is 4.99 Å². The molecule has 36 heavy (non-hydrogen) atoms. The number of fused-ring (bicyclic) bond motifs is 1. The molecule has 0 spiro atoms. The fourth-order valence-electron chi connectivity index (χ4n) is 4.03. The van der Waals surface area contributed by atoms with Crippen molar-refractivity contribution in [2.75, 3.05) is 19.8 Å². The number of aromatic nitrogens is 2. The van der Waals surface area contributed by atoms with E-state index in [-0.39, 0.29) is 25.8 Å². The van der Waals surface area contributed by atoms with Crippen LogP contribution in [0.1, 0.15) is 39.7 Å². The molecule has 0 amide bonds. The molecule has 8 heteroatoms. The Bertz CT molecular complexity index is 1200. The van der Waals surface area contributed by atoms with Gasteiger partial charge in [-0.15, -0.1) is 11.6 Å². The number of hydrogen-bond donors (Lipinski definition) is 3. The highest BCUT2D eigenvalue weighted by atomic mass is 35.5. The Morgan fingerprint density at radius 1 is 1.08 bits per heavy atom. The minimum absolute atomic E-state index is 0.0771. The van der Waals surface area contributed by atoms with Gasteiger partial charge in [-0.1, -0.05) is 68.4 Å². The van der Waals surface area contributed by atoms with Gasteiger partial charge in [0.05, 0.1) is 36.7 Å². The van der Waals surface area contributed by atoms with E-state index in [2.05, 4.69) is 46.4 Å². The summed E-state index contributed by atoms with van der Waals surface area (Å²) in [6, 6.07) is 18.8. The van der Waals surface area contributed by atoms with Gasteiger partial charge in [-0.2, -0.15) is 4.98 Å². The topological polar surface area (TPSA) is 100.0 Å². The van der Waals surface area contributed by atoms with E-state index in [0.717, 1.165) is 16.7 Å². The zero-order valence-corrected chi connectivity index (χ0v) is 22.1. The molecule has 4 atom stereocenters. The third kappa shape index (κ3) is 6.73. The quantitative estimate of drug-likeness (QED) is 0.284. The van der Waals surface area contributed by atoms with E-state index in [1.54, 1.807) is 6.92 Å². The lowest BCUT2D eigenvalue weighted by Crippen LogP contribution is -2.42. The average Bonchev–Trinajstić information content (AvgIpc) is 3.26. The van der Waals surface area contributed by atoms with Gasteiger partial charge in [-0.3, -0.25) is 4.99 Å². The van der Waals surface area contributed by atoms with Gasteiger partial charge >= 0.3 is 0 Å². The van der Waals surface area contributed by atoms with Gasteiger partial charge in [-0.05, 0) is 36.6 Å². The Morgan fingerprint density at radius 3 is 2.39 bits per heavy atom. The van der Waals surface area contributed by atoms with Gasteiger partial charge in [0.2, 0.25) is 0 Å². The van der Waals surface area contributed by atoms with E-state index in [9.17, 15) is 5.11 Å². The molecule has 0 aliphatic carbocycles. The van der Waals surface area contributed by atoms with Gasteiger partial charge in [0, 0.05) is 6.42 Å². The number of hydrogen-bond acceptors (Lipinski definition) is 6. The predicted octanol–water partition coefficient (Wildman–Crippen LogP) is 3.57. The van der Waals surface area contributed by atoms with E-state index < -0.39 is 23.1 Å². The van der Waals surface area contributed by atoms with Crippen molar-refractivity contribution in [1.29, 1.82) is 0 Å². The number of benzene rings is 2.